The molecule has 0 amide bonds. The van der Waals surface area contributed by atoms with E-state index in [9.17, 15) is 0 Å². The van der Waals surface area contributed by atoms with Gasteiger partial charge in [0, 0.05) is 11.0 Å². The van der Waals surface area contributed by atoms with Gasteiger partial charge in [0.2, 0.25) is 0 Å². The number of hydrogen-bond donors (Lipinski definition) is 1. The van der Waals surface area contributed by atoms with E-state index in [1.54, 1.807) is 6.33 Å². The highest BCUT2D eigenvalue weighted by atomic mass is 16.5. The van der Waals surface area contributed by atoms with Crippen LogP contribution in [0.3, 0.4) is 0 Å². The van der Waals surface area contributed by atoms with Crippen LogP contribution in [-0.2, 0) is 5.41 Å². The second-order valence-electron chi connectivity index (χ2n) is 5.31. The summed E-state index contributed by atoms with van der Waals surface area (Å²) in [5.41, 5.74) is 2.67. The summed E-state index contributed by atoms with van der Waals surface area (Å²) >= 11 is 0. The number of hydrogen-bond acceptors (Lipinski definition) is 4. The van der Waals surface area contributed by atoms with Crippen molar-refractivity contribution in [3.63, 3.8) is 0 Å². The largest absolute Gasteiger partial charge is 0.345 e. The Bertz CT molecular complexity index is 690. The van der Waals surface area contributed by atoms with Crippen molar-refractivity contribution in [2.45, 2.75) is 26.2 Å². The SMILES string of the molecule is CC(C)(C)c1noc(-c2ccc3nc[nH]c3c2)n1. The van der Waals surface area contributed by atoms with Crippen LogP contribution in [0.4, 0.5) is 0 Å². The lowest BCUT2D eigenvalue weighted by molar-refractivity contribution is 0.402. The molecular weight excluding hydrogens is 228 g/mol. The van der Waals surface area contributed by atoms with Gasteiger partial charge in [-0.05, 0) is 18.2 Å². The minimum absolute atomic E-state index is 0.111. The second-order valence-corrected chi connectivity index (χ2v) is 5.31. The van der Waals surface area contributed by atoms with Crippen LogP contribution in [0.15, 0.2) is 29.0 Å². The monoisotopic (exact) mass is 242 g/mol. The lowest BCUT2D eigenvalue weighted by Crippen LogP contribution is -2.13. The standard InChI is InChI=1S/C13H14N4O/c1-13(2,3)12-16-11(18-17-12)8-4-5-9-10(6-8)15-7-14-9/h4-7H,1-3H3,(H,14,15). The van der Waals surface area contributed by atoms with Crippen molar-refractivity contribution in [2.24, 2.45) is 0 Å². The molecule has 0 fully saturated rings. The molecule has 92 valence electrons. The predicted octanol–water partition coefficient (Wildman–Crippen LogP) is 2.91. The first-order valence-electron chi connectivity index (χ1n) is 5.82. The van der Waals surface area contributed by atoms with Gasteiger partial charge >= 0.3 is 0 Å². The Kier molecular flexibility index (Phi) is 2.23. The van der Waals surface area contributed by atoms with Gasteiger partial charge < -0.3 is 9.51 Å². The fourth-order valence-corrected chi connectivity index (χ4v) is 1.71. The number of H-pyrrole nitrogens is 1. The lowest BCUT2D eigenvalue weighted by Gasteiger charge is -2.10. The highest BCUT2D eigenvalue weighted by molar-refractivity contribution is 5.79. The smallest absolute Gasteiger partial charge is 0.258 e. The van der Waals surface area contributed by atoms with Gasteiger partial charge in [-0.15, -0.1) is 0 Å². The average molecular weight is 242 g/mol. The summed E-state index contributed by atoms with van der Waals surface area (Å²) < 4.78 is 5.31. The number of rotatable bonds is 1. The molecule has 0 spiro atoms. The van der Waals surface area contributed by atoms with Gasteiger partial charge in [-0.1, -0.05) is 25.9 Å². The van der Waals surface area contributed by atoms with Crippen molar-refractivity contribution in [1.29, 1.82) is 0 Å². The van der Waals surface area contributed by atoms with Crippen LogP contribution in [0, 0.1) is 0 Å². The molecule has 3 aromatic rings. The second kappa shape index (κ2) is 3.66. The van der Waals surface area contributed by atoms with Crippen LogP contribution >= 0.6 is 0 Å². The number of aromatic amines is 1. The minimum Gasteiger partial charge on any atom is -0.345 e. The third-order valence-corrected chi connectivity index (χ3v) is 2.76. The molecule has 0 aliphatic carbocycles. The molecule has 0 unspecified atom stereocenters. The van der Waals surface area contributed by atoms with Crippen molar-refractivity contribution in [3.8, 4) is 11.5 Å². The molecule has 18 heavy (non-hydrogen) atoms. The summed E-state index contributed by atoms with van der Waals surface area (Å²) in [6.45, 7) is 6.17. The molecule has 1 aromatic carbocycles. The number of nitrogens with one attached hydrogen (secondary N) is 1. The summed E-state index contributed by atoms with van der Waals surface area (Å²) in [5.74, 6) is 1.25. The molecule has 2 heterocycles. The van der Waals surface area contributed by atoms with Crippen molar-refractivity contribution >= 4 is 11.0 Å². The normalized spacial score (nSPS) is 12.2. The fraction of sp³-hybridized carbons (Fsp3) is 0.308. The van der Waals surface area contributed by atoms with E-state index in [1.165, 1.54) is 0 Å². The van der Waals surface area contributed by atoms with Crippen LogP contribution in [0.1, 0.15) is 26.6 Å². The Hall–Kier alpha value is -2.17. The zero-order chi connectivity index (χ0) is 12.8. The molecule has 1 N–H and O–H groups in total. The number of fused-ring (bicyclic) bond motifs is 1. The van der Waals surface area contributed by atoms with Crippen LogP contribution in [0.2, 0.25) is 0 Å². The van der Waals surface area contributed by atoms with Gasteiger partial charge in [-0.2, -0.15) is 4.98 Å². The fourth-order valence-electron chi connectivity index (χ4n) is 1.71. The minimum atomic E-state index is -0.111. The van der Waals surface area contributed by atoms with E-state index in [0.717, 1.165) is 16.6 Å². The van der Waals surface area contributed by atoms with Crippen LogP contribution in [-0.4, -0.2) is 20.1 Å². The Morgan fingerprint density at radius 3 is 2.78 bits per heavy atom. The topological polar surface area (TPSA) is 67.6 Å². The van der Waals surface area contributed by atoms with Gasteiger partial charge in [0.05, 0.1) is 17.4 Å². The average Bonchev–Trinajstić information content (AvgIpc) is 2.96. The highest BCUT2D eigenvalue weighted by Crippen LogP contribution is 2.25. The first-order chi connectivity index (χ1) is 8.54. The first kappa shape index (κ1) is 11.0. The van der Waals surface area contributed by atoms with Gasteiger partial charge in [0.1, 0.15) is 0 Å². The third kappa shape index (κ3) is 1.77. The molecule has 5 heteroatoms. The molecule has 0 atom stereocenters. The van der Waals surface area contributed by atoms with E-state index in [4.69, 9.17) is 4.52 Å². The molecule has 0 aliphatic heterocycles. The van der Waals surface area contributed by atoms with Crippen molar-refractivity contribution in [1.82, 2.24) is 20.1 Å². The van der Waals surface area contributed by atoms with E-state index in [-0.39, 0.29) is 5.41 Å². The molecule has 0 saturated heterocycles. The molecule has 0 radical (unpaired) electrons. The zero-order valence-electron chi connectivity index (χ0n) is 10.6. The van der Waals surface area contributed by atoms with Crippen molar-refractivity contribution in [2.75, 3.05) is 0 Å². The van der Waals surface area contributed by atoms with Gasteiger partial charge in [-0.3, -0.25) is 0 Å². The molecule has 2 aromatic heterocycles. The summed E-state index contributed by atoms with van der Waals surface area (Å²) in [6, 6.07) is 5.83. The van der Waals surface area contributed by atoms with Crippen LogP contribution in [0.5, 0.6) is 0 Å². The van der Waals surface area contributed by atoms with E-state index in [1.807, 2.05) is 18.2 Å². The number of aromatic nitrogens is 4. The van der Waals surface area contributed by atoms with Crippen molar-refractivity contribution in [3.05, 3.63) is 30.4 Å². The molecular formula is C13H14N4O. The zero-order valence-corrected chi connectivity index (χ0v) is 10.6. The predicted molar refractivity (Wildman–Crippen MR) is 68.1 cm³/mol. The lowest BCUT2D eigenvalue weighted by atomic mass is 9.96. The van der Waals surface area contributed by atoms with E-state index in [2.05, 4.69) is 40.9 Å². The maximum atomic E-state index is 5.31. The van der Waals surface area contributed by atoms with E-state index < -0.39 is 0 Å². The molecule has 5 nitrogen and oxygen atoms in total. The Morgan fingerprint density at radius 1 is 1.22 bits per heavy atom. The van der Waals surface area contributed by atoms with Crippen LogP contribution in [0.25, 0.3) is 22.5 Å². The van der Waals surface area contributed by atoms with Crippen molar-refractivity contribution < 1.29 is 4.52 Å². The summed E-state index contributed by atoms with van der Waals surface area (Å²) in [5, 5.41) is 4.02. The molecule has 3 rings (SSSR count). The van der Waals surface area contributed by atoms with Crippen LogP contribution < -0.4 is 0 Å². The maximum absolute atomic E-state index is 5.31. The molecule has 0 saturated carbocycles. The highest BCUT2D eigenvalue weighted by Gasteiger charge is 2.21. The van der Waals surface area contributed by atoms with Gasteiger partial charge in [-0.25, -0.2) is 4.98 Å². The first-order valence-corrected chi connectivity index (χ1v) is 5.82. The Labute approximate surface area is 104 Å². The van der Waals surface area contributed by atoms with E-state index >= 15 is 0 Å². The quantitative estimate of drug-likeness (QED) is 0.712. The van der Waals surface area contributed by atoms with Gasteiger partial charge in [0.25, 0.3) is 5.89 Å². The third-order valence-electron chi connectivity index (χ3n) is 2.76. The summed E-state index contributed by atoms with van der Waals surface area (Å²) in [7, 11) is 0. The number of benzene rings is 1. The molecule has 0 aliphatic rings. The van der Waals surface area contributed by atoms with E-state index in [0.29, 0.717) is 11.7 Å². The Balaban J connectivity index is 2.06. The number of nitrogens with zero attached hydrogens (tertiary/aromatic N) is 3. The van der Waals surface area contributed by atoms with Gasteiger partial charge in [0.15, 0.2) is 5.82 Å². The summed E-state index contributed by atoms with van der Waals surface area (Å²) in [4.78, 5) is 11.7. The molecule has 0 bridgehead atoms. The Morgan fingerprint density at radius 2 is 2.06 bits per heavy atom. The summed E-state index contributed by atoms with van der Waals surface area (Å²) in [6.07, 6.45) is 1.67. The maximum Gasteiger partial charge on any atom is 0.258 e. The number of imidazole rings is 1.